The summed E-state index contributed by atoms with van der Waals surface area (Å²) in [5, 5.41) is 0.536. The molecular formula is C14H14ClFN2. The molecule has 0 radical (unpaired) electrons. The fraction of sp³-hybridized carbons (Fsp3) is 0.214. The van der Waals surface area contributed by atoms with E-state index in [0.29, 0.717) is 17.0 Å². The van der Waals surface area contributed by atoms with E-state index in [4.69, 9.17) is 17.3 Å². The fourth-order valence-corrected chi connectivity index (χ4v) is 2.13. The molecule has 1 unspecified atom stereocenters. The molecule has 0 saturated carbocycles. The topological polar surface area (TPSA) is 38.9 Å². The van der Waals surface area contributed by atoms with Crippen LogP contribution in [-0.4, -0.2) is 4.98 Å². The minimum atomic E-state index is -0.301. The number of hydrogen-bond donors (Lipinski definition) is 1. The van der Waals surface area contributed by atoms with Crippen molar-refractivity contribution in [2.24, 2.45) is 5.73 Å². The number of aryl methyl sites for hydroxylation is 1. The molecular weight excluding hydrogens is 251 g/mol. The maximum atomic E-state index is 13.2. The van der Waals surface area contributed by atoms with Gasteiger partial charge in [0.15, 0.2) is 0 Å². The third-order valence-electron chi connectivity index (χ3n) is 2.89. The third kappa shape index (κ3) is 2.86. The maximum Gasteiger partial charge on any atom is 0.123 e. The summed E-state index contributed by atoms with van der Waals surface area (Å²) in [5.74, 6) is -0.301. The van der Waals surface area contributed by atoms with Crippen molar-refractivity contribution in [1.82, 2.24) is 4.98 Å². The normalized spacial score (nSPS) is 12.4. The van der Waals surface area contributed by atoms with Gasteiger partial charge in [0, 0.05) is 23.0 Å². The van der Waals surface area contributed by atoms with Crippen LogP contribution in [0.4, 0.5) is 4.39 Å². The quantitative estimate of drug-likeness (QED) is 0.923. The minimum absolute atomic E-state index is 0.238. The fourth-order valence-electron chi connectivity index (χ4n) is 1.94. The molecule has 1 aromatic carbocycles. The highest BCUT2D eigenvalue weighted by atomic mass is 35.5. The van der Waals surface area contributed by atoms with Crippen LogP contribution in [0.25, 0.3) is 0 Å². The van der Waals surface area contributed by atoms with E-state index in [9.17, 15) is 4.39 Å². The highest BCUT2D eigenvalue weighted by Crippen LogP contribution is 2.23. The number of hydrogen-bond acceptors (Lipinski definition) is 2. The standard InChI is InChI=1S/C14H14ClFN2/c1-9-12(3-2-6-18-9)14(17)8-10-7-11(16)4-5-13(10)15/h2-7,14H,8,17H2,1H3. The highest BCUT2D eigenvalue weighted by molar-refractivity contribution is 6.31. The molecule has 0 aliphatic rings. The van der Waals surface area contributed by atoms with Crippen LogP contribution in [0.5, 0.6) is 0 Å². The van der Waals surface area contributed by atoms with Gasteiger partial charge in [0.2, 0.25) is 0 Å². The van der Waals surface area contributed by atoms with Gasteiger partial charge in [-0.3, -0.25) is 4.98 Å². The van der Waals surface area contributed by atoms with E-state index in [1.54, 1.807) is 12.3 Å². The maximum absolute atomic E-state index is 13.2. The van der Waals surface area contributed by atoms with E-state index < -0.39 is 0 Å². The number of halogens is 2. The van der Waals surface area contributed by atoms with Crippen molar-refractivity contribution >= 4 is 11.6 Å². The van der Waals surface area contributed by atoms with Gasteiger partial charge in [0.05, 0.1) is 0 Å². The van der Waals surface area contributed by atoms with Crippen LogP contribution in [0.3, 0.4) is 0 Å². The summed E-state index contributed by atoms with van der Waals surface area (Å²) >= 11 is 6.03. The lowest BCUT2D eigenvalue weighted by Gasteiger charge is -2.15. The minimum Gasteiger partial charge on any atom is -0.324 e. The summed E-state index contributed by atoms with van der Waals surface area (Å²) in [7, 11) is 0. The molecule has 0 aliphatic heterocycles. The summed E-state index contributed by atoms with van der Waals surface area (Å²) < 4.78 is 13.2. The first-order valence-electron chi connectivity index (χ1n) is 5.69. The van der Waals surface area contributed by atoms with Gasteiger partial charge in [-0.25, -0.2) is 4.39 Å². The summed E-state index contributed by atoms with van der Waals surface area (Å²) in [4.78, 5) is 4.19. The third-order valence-corrected chi connectivity index (χ3v) is 3.26. The Balaban J connectivity index is 2.24. The van der Waals surface area contributed by atoms with Crippen LogP contribution < -0.4 is 5.73 Å². The SMILES string of the molecule is Cc1ncccc1C(N)Cc1cc(F)ccc1Cl. The van der Waals surface area contributed by atoms with Crippen molar-refractivity contribution in [3.05, 3.63) is 64.2 Å². The second-order valence-corrected chi connectivity index (χ2v) is 4.63. The number of nitrogens with zero attached hydrogens (tertiary/aromatic N) is 1. The average Bonchev–Trinajstić information content (AvgIpc) is 2.34. The van der Waals surface area contributed by atoms with E-state index in [0.717, 1.165) is 11.3 Å². The van der Waals surface area contributed by atoms with Crippen molar-refractivity contribution in [2.75, 3.05) is 0 Å². The lowest BCUT2D eigenvalue weighted by Crippen LogP contribution is -2.15. The van der Waals surface area contributed by atoms with Crippen molar-refractivity contribution in [3.63, 3.8) is 0 Å². The number of pyridine rings is 1. The Morgan fingerprint density at radius 1 is 1.39 bits per heavy atom. The number of benzene rings is 1. The molecule has 0 bridgehead atoms. The summed E-state index contributed by atoms with van der Waals surface area (Å²) in [6.07, 6.45) is 2.21. The molecule has 0 aliphatic carbocycles. The lowest BCUT2D eigenvalue weighted by atomic mass is 9.99. The Morgan fingerprint density at radius 2 is 2.17 bits per heavy atom. The van der Waals surface area contributed by atoms with Crippen LogP contribution >= 0.6 is 11.6 Å². The molecule has 2 N–H and O–H groups in total. The van der Waals surface area contributed by atoms with Gasteiger partial charge < -0.3 is 5.73 Å². The molecule has 2 rings (SSSR count). The van der Waals surface area contributed by atoms with Crippen molar-refractivity contribution in [3.8, 4) is 0 Å². The second kappa shape index (κ2) is 5.46. The van der Waals surface area contributed by atoms with Crippen LogP contribution in [0.15, 0.2) is 36.5 Å². The van der Waals surface area contributed by atoms with Crippen LogP contribution in [-0.2, 0) is 6.42 Å². The Kier molecular flexibility index (Phi) is 3.94. The average molecular weight is 265 g/mol. The first-order chi connectivity index (χ1) is 8.58. The zero-order valence-corrected chi connectivity index (χ0v) is 10.8. The van der Waals surface area contributed by atoms with Crippen molar-refractivity contribution < 1.29 is 4.39 Å². The van der Waals surface area contributed by atoms with E-state index >= 15 is 0 Å². The van der Waals surface area contributed by atoms with E-state index in [1.165, 1.54) is 12.1 Å². The van der Waals surface area contributed by atoms with Crippen LogP contribution in [0.1, 0.15) is 22.9 Å². The molecule has 0 spiro atoms. The molecule has 1 atom stereocenters. The van der Waals surface area contributed by atoms with Gasteiger partial charge >= 0.3 is 0 Å². The molecule has 1 aromatic heterocycles. The Labute approximate surface area is 111 Å². The molecule has 0 saturated heterocycles. The van der Waals surface area contributed by atoms with Gasteiger partial charge in [0.1, 0.15) is 5.82 Å². The predicted molar refractivity (Wildman–Crippen MR) is 71.0 cm³/mol. The van der Waals surface area contributed by atoms with Crippen LogP contribution in [0, 0.1) is 12.7 Å². The van der Waals surface area contributed by atoms with Gasteiger partial charge in [-0.05, 0) is 48.7 Å². The lowest BCUT2D eigenvalue weighted by molar-refractivity contribution is 0.621. The molecule has 1 heterocycles. The van der Waals surface area contributed by atoms with Gasteiger partial charge in [-0.2, -0.15) is 0 Å². The predicted octanol–water partition coefficient (Wildman–Crippen LogP) is 3.43. The second-order valence-electron chi connectivity index (χ2n) is 4.22. The zero-order valence-electron chi connectivity index (χ0n) is 10.0. The molecule has 2 nitrogen and oxygen atoms in total. The Morgan fingerprint density at radius 3 is 2.89 bits per heavy atom. The van der Waals surface area contributed by atoms with E-state index in [-0.39, 0.29) is 11.9 Å². The Bertz CT molecular complexity index is 557. The molecule has 0 fully saturated rings. The number of aromatic nitrogens is 1. The van der Waals surface area contributed by atoms with Crippen LogP contribution in [0.2, 0.25) is 5.02 Å². The molecule has 18 heavy (non-hydrogen) atoms. The smallest absolute Gasteiger partial charge is 0.123 e. The Hall–Kier alpha value is -1.45. The largest absolute Gasteiger partial charge is 0.324 e. The highest BCUT2D eigenvalue weighted by Gasteiger charge is 2.12. The van der Waals surface area contributed by atoms with Crippen molar-refractivity contribution in [2.45, 2.75) is 19.4 Å². The van der Waals surface area contributed by atoms with E-state index in [2.05, 4.69) is 4.98 Å². The molecule has 0 amide bonds. The van der Waals surface area contributed by atoms with Gasteiger partial charge in [0.25, 0.3) is 0 Å². The van der Waals surface area contributed by atoms with E-state index in [1.807, 2.05) is 19.1 Å². The molecule has 94 valence electrons. The summed E-state index contributed by atoms with van der Waals surface area (Å²) in [6.45, 7) is 1.91. The summed E-state index contributed by atoms with van der Waals surface area (Å²) in [5.41, 5.74) is 8.68. The molecule has 4 heteroatoms. The molecule has 2 aromatic rings. The van der Waals surface area contributed by atoms with Crippen molar-refractivity contribution in [1.29, 1.82) is 0 Å². The summed E-state index contributed by atoms with van der Waals surface area (Å²) in [6, 6.07) is 7.85. The number of rotatable bonds is 3. The first-order valence-corrected chi connectivity index (χ1v) is 6.06. The first kappa shape index (κ1) is 13.0. The number of nitrogens with two attached hydrogens (primary N) is 1. The monoisotopic (exact) mass is 264 g/mol. The zero-order chi connectivity index (χ0) is 13.1. The van der Waals surface area contributed by atoms with Gasteiger partial charge in [-0.15, -0.1) is 0 Å². The van der Waals surface area contributed by atoms with Gasteiger partial charge in [-0.1, -0.05) is 17.7 Å².